The van der Waals surface area contributed by atoms with E-state index < -0.39 is 24.0 Å². The minimum Gasteiger partial charge on any atom is -0.481 e. The largest absolute Gasteiger partial charge is 0.481 e. The molecule has 0 atom stereocenters. The molecule has 0 bridgehead atoms. The first-order valence-corrected chi connectivity index (χ1v) is 13.2. The highest BCUT2D eigenvalue weighted by molar-refractivity contribution is 5.93. The molecule has 0 radical (unpaired) electrons. The van der Waals surface area contributed by atoms with Crippen molar-refractivity contribution < 1.29 is 45.0 Å². The Labute approximate surface area is 226 Å². The van der Waals surface area contributed by atoms with Crippen LogP contribution >= 0.6 is 0 Å². The second-order valence-electron chi connectivity index (χ2n) is 8.58. The molecule has 0 aliphatic heterocycles. The van der Waals surface area contributed by atoms with Crippen molar-refractivity contribution in [1.29, 1.82) is 0 Å². The van der Waals surface area contributed by atoms with E-state index in [1.54, 1.807) is 0 Å². The van der Waals surface area contributed by atoms with E-state index in [0.29, 0.717) is 6.42 Å². The Morgan fingerprint density at radius 3 is 1.63 bits per heavy atom. The van der Waals surface area contributed by atoms with Crippen molar-refractivity contribution in [2.75, 3.05) is 13.2 Å². The van der Waals surface area contributed by atoms with E-state index in [1.165, 1.54) is 63.1 Å². The maximum atomic E-state index is 10.4. The zero-order chi connectivity index (χ0) is 29.0. The summed E-state index contributed by atoms with van der Waals surface area (Å²) >= 11 is 0. The zero-order valence-electron chi connectivity index (χ0n) is 22.5. The average Bonchev–Trinajstić information content (AvgIpc) is 2.91. The molecule has 0 aliphatic rings. The van der Waals surface area contributed by atoms with Crippen LogP contribution in [0.5, 0.6) is 0 Å². The van der Waals surface area contributed by atoms with Gasteiger partial charge in [-0.25, -0.2) is 9.59 Å². The third kappa shape index (κ3) is 26.1. The van der Waals surface area contributed by atoms with Crippen molar-refractivity contribution >= 4 is 17.9 Å². The number of hydrogen-bond acceptors (Lipinski definition) is 6. The van der Waals surface area contributed by atoms with Gasteiger partial charge in [-0.2, -0.15) is 0 Å². The van der Waals surface area contributed by atoms with Gasteiger partial charge in [0.05, 0.1) is 24.3 Å². The first-order valence-electron chi connectivity index (χ1n) is 13.2. The first kappa shape index (κ1) is 37.1. The number of allylic oxidation sites excluding steroid dienone is 4. The summed E-state index contributed by atoms with van der Waals surface area (Å²) in [4.78, 5) is 31.1. The fourth-order valence-electron chi connectivity index (χ4n) is 2.93. The van der Waals surface area contributed by atoms with Gasteiger partial charge in [0, 0.05) is 6.42 Å². The molecular formula is C29H46O9. The number of aromatic carboxylic acids is 2. The second kappa shape index (κ2) is 27.0. The third-order valence-corrected chi connectivity index (χ3v) is 5.12. The van der Waals surface area contributed by atoms with Crippen LogP contribution in [0.2, 0.25) is 0 Å². The molecule has 38 heavy (non-hydrogen) atoms. The highest BCUT2D eigenvalue weighted by Crippen LogP contribution is 2.08. The highest BCUT2D eigenvalue weighted by atomic mass is 16.4. The van der Waals surface area contributed by atoms with Gasteiger partial charge >= 0.3 is 17.9 Å². The molecule has 1 rings (SSSR count). The monoisotopic (exact) mass is 538 g/mol. The topological polar surface area (TPSA) is 173 Å². The summed E-state index contributed by atoms with van der Waals surface area (Å²) in [5.74, 6) is -2.92. The summed E-state index contributed by atoms with van der Waals surface area (Å²) in [5, 5.41) is 49.5. The van der Waals surface area contributed by atoms with Crippen molar-refractivity contribution in [1.82, 2.24) is 0 Å². The molecule has 0 saturated carbocycles. The number of carboxylic acids is 3. The Morgan fingerprint density at radius 2 is 1.21 bits per heavy atom. The maximum Gasteiger partial charge on any atom is 0.335 e. The van der Waals surface area contributed by atoms with Crippen LogP contribution in [-0.2, 0) is 4.79 Å². The standard InChI is InChI=1S/C18H32O2.C8H6O4.C3H8O3/c1-2-3-4-5-6-7-8-9-10-11-12-13-14-15-16-17-18(19)20;9-7(10)5-2-1-3-6(4-5)8(11)12;4-1-3(6)2-5/h6-7,9-10H,2-5,8,11-17H2,1H3,(H,19,20);1-4H,(H,9,10)(H,11,12);3-6H,1-2H2/b7-6-,10-9-;;. The number of carbonyl (C=O) groups is 3. The van der Waals surface area contributed by atoms with Gasteiger partial charge in [0.2, 0.25) is 0 Å². The van der Waals surface area contributed by atoms with Crippen molar-refractivity contribution in [2.24, 2.45) is 0 Å². The molecule has 0 spiro atoms. The van der Waals surface area contributed by atoms with Gasteiger partial charge < -0.3 is 30.6 Å². The van der Waals surface area contributed by atoms with Crippen molar-refractivity contribution in [3.63, 3.8) is 0 Å². The molecule has 6 N–H and O–H groups in total. The van der Waals surface area contributed by atoms with Crippen LogP contribution in [0.25, 0.3) is 0 Å². The van der Waals surface area contributed by atoms with Crippen LogP contribution in [0.4, 0.5) is 0 Å². The van der Waals surface area contributed by atoms with E-state index >= 15 is 0 Å². The van der Waals surface area contributed by atoms with Gasteiger partial charge in [0.15, 0.2) is 0 Å². The van der Waals surface area contributed by atoms with Crippen molar-refractivity contribution in [3.05, 3.63) is 59.7 Å². The van der Waals surface area contributed by atoms with E-state index in [0.717, 1.165) is 31.7 Å². The van der Waals surface area contributed by atoms with Gasteiger partial charge in [0.25, 0.3) is 0 Å². The Hall–Kier alpha value is -3.01. The van der Waals surface area contributed by atoms with Crippen LogP contribution in [-0.4, -0.2) is 67.9 Å². The van der Waals surface area contributed by atoms with Crippen LogP contribution in [0.15, 0.2) is 48.6 Å². The molecule has 0 heterocycles. The fraction of sp³-hybridized carbons (Fsp3) is 0.552. The molecule has 216 valence electrons. The molecule has 9 heteroatoms. The Bertz CT molecular complexity index is 770. The number of unbranched alkanes of at least 4 members (excludes halogenated alkanes) is 8. The quantitative estimate of drug-likeness (QED) is 0.107. The van der Waals surface area contributed by atoms with E-state index in [-0.39, 0.29) is 24.3 Å². The lowest BCUT2D eigenvalue weighted by molar-refractivity contribution is -0.137. The number of aliphatic hydroxyl groups excluding tert-OH is 3. The Balaban J connectivity index is 0. The molecule has 0 fully saturated rings. The molecule has 1 aromatic rings. The lowest BCUT2D eigenvalue weighted by atomic mass is 10.1. The van der Waals surface area contributed by atoms with Gasteiger partial charge in [-0.05, 0) is 56.7 Å². The Kier molecular flexibility index (Phi) is 26.4. The molecular weight excluding hydrogens is 492 g/mol. The first-order chi connectivity index (χ1) is 18.2. The minimum absolute atomic E-state index is 0.0186. The highest BCUT2D eigenvalue weighted by Gasteiger charge is 2.06. The van der Waals surface area contributed by atoms with Gasteiger partial charge in [-0.15, -0.1) is 0 Å². The normalized spacial score (nSPS) is 10.7. The Morgan fingerprint density at radius 1 is 0.737 bits per heavy atom. The van der Waals surface area contributed by atoms with Crippen molar-refractivity contribution in [2.45, 2.75) is 90.1 Å². The smallest absolute Gasteiger partial charge is 0.335 e. The maximum absolute atomic E-state index is 10.4. The second-order valence-corrected chi connectivity index (χ2v) is 8.58. The summed E-state index contributed by atoms with van der Waals surface area (Å²) in [6, 6.07) is 5.20. The number of rotatable bonds is 18. The lowest BCUT2D eigenvalue weighted by Gasteiger charge is -1.98. The van der Waals surface area contributed by atoms with E-state index in [1.807, 2.05) is 0 Å². The number of carboxylic acid groups (broad SMARTS) is 3. The lowest BCUT2D eigenvalue weighted by Crippen LogP contribution is -2.15. The van der Waals surface area contributed by atoms with Crippen LogP contribution in [0.1, 0.15) is 105 Å². The van der Waals surface area contributed by atoms with Gasteiger partial charge in [-0.1, -0.05) is 69.4 Å². The van der Waals surface area contributed by atoms with E-state index in [4.69, 9.17) is 30.6 Å². The van der Waals surface area contributed by atoms with Crippen LogP contribution in [0.3, 0.4) is 0 Å². The van der Waals surface area contributed by atoms with E-state index in [2.05, 4.69) is 31.2 Å². The third-order valence-electron chi connectivity index (χ3n) is 5.12. The number of aliphatic hydroxyl groups is 3. The summed E-state index contributed by atoms with van der Waals surface area (Å²) in [6.07, 6.45) is 21.3. The van der Waals surface area contributed by atoms with Gasteiger partial charge in [0.1, 0.15) is 6.10 Å². The number of aliphatic carboxylic acids is 1. The zero-order valence-corrected chi connectivity index (χ0v) is 22.5. The van der Waals surface area contributed by atoms with Crippen LogP contribution < -0.4 is 0 Å². The predicted molar refractivity (Wildman–Crippen MR) is 148 cm³/mol. The fourth-order valence-corrected chi connectivity index (χ4v) is 2.93. The minimum atomic E-state index is -1.13. The summed E-state index contributed by atoms with van der Waals surface area (Å²) in [7, 11) is 0. The average molecular weight is 539 g/mol. The molecule has 0 unspecified atom stereocenters. The number of benzene rings is 1. The molecule has 0 amide bonds. The molecule has 0 aliphatic carbocycles. The summed E-state index contributed by atoms with van der Waals surface area (Å²) in [5.41, 5.74) is -0.0372. The van der Waals surface area contributed by atoms with Crippen molar-refractivity contribution in [3.8, 4) is 0 Å². The molecule has 9 nitrogen and oxygen atoms in total. The molecule has 1 aromatic carbocycles. The molecule has 0 aromatic heterocycles. The molecule has 0 saturated heterocycles. The summed E-state index contributed by atoms with van der Waals surface area (Å²) < 4.78 is 0. The van der Waals surface area contributed by atoms with Crippen LogP contribution in [0, 0.1) is 0 Å². The SMILES string of the molecule is CCCCC/C=C\C/C=C\CCCCCCCC(=O)O.O=C(O)c1cccc(C(=O)O)c1.OCC(O)CO. The predicted octanol–water partition coefficient (Wildman–Crippen LogP) is 5.30. The van der Waals surface area contributed by atoms with Gasteiger partial charge in [-0.3, -0.25) is 4.79 Å². The van der Waals surface area contributed by atoms with E-state index in [9.17, 15) is 14.4 Å². The summed E-state index contributed by atoms with van der Waals surface area (Å²) in [6.45, 7) is 1.51. The number of hydrogen-bond donors (Lipinski definition) is 6.